The Morgan fingerprint density at radius 2 is 2.00 bits per heavy atom. The van der Waals surface area contributed by atoms with Gasteiger partial charge in [0.1, 0.15) is 5.76 Å². The molecule has 1 aromatic rings. The molecule has 1 saturated heterocycles. The van der Waals surface area contributed by atoms with Crippen LogP contribution in [0.25, 0.3) is 0 Å². The first-order valence-corrected chi connectivity index (χ1v) is 6.30. The van der Waals surface area contributed by atoms with Gasteiger partial charge < -0.3 is 10.2 Å². The molecule has 0 aromatic carbocycles. The smallest absolute Gasteiger partial charge is 0.118 e. The number of likely N-dealkylation sites (N-methyl/N-ethyl adjacent to an activating group) is 1. The third-order valence-corrected chi connectivity index (χ3v) is 3.76. The molecular weight excluding hydrogens is 214 g/mol. The van der Waals surface area contributed by atoms with Crippen LogP contribution < -0.4 is 5.73 Å². The van der Waals surface area contributed by atoms with Gasteiger partial charge in [0, 0.05) is 37.3 Å². The molecule has 0 radical (unpaired) electrons. The summed E-state index contributed by atoms with van der Waals surface area (Å²) in [7, 11) is 2.20. The molecule has 96 valence electrons. The highest BCUT2D eigenvalue weighted by molar-refractivity contribution is 5.12. The Labute approximate surface area is 103 Å². The minimum atomic E-state index is 0.555. The Morgan fingerprint density at radius 3 is 2.53 bits per heavy atom. The maximum absolute atomic E-state index is 5.58. The molecule has 1 aliphatic rings. The van der Waals surface area contributed by atoms with Crippen molar-refractivity contribution in [3.63, 3.8) is 0 Å². The van der Waals surface area contributed by atoms with Crippen LogP contribution in [0.1, 0.15) is 25.2 Å². The lowest BCUT2D eigenvalue weighted by atomic mass is 10.1. The number of nitrogens with zero attached hydrogens (tertiary/aromatic N) is 2. The highest BCUT2D eigenvalue weighted by Crippen LogP contribution is 2.17. The van der Waals surface area contributed by atoms with E-state index in [4.69, 9.17) is 10.2 Å². The SMILES string of the molecule is CC1CN(Cc2cc(CN)co2)CC(C)N1C. The van der Waals surface area contributed by atoms with E-state index in [1.807, 2.05) is 0 Å². The molecule has 1 aromatic heterocycles. The third-order valence-electron chi connectivity index (χ3n) is 3.76. The van der Waals surface area contributed by atoms with Crippen LogP contribution in [0.4, 0.5) is 0 Å². The van der Waals surface area contributed by atoms with Crippen LogP contribution in [0.2, 0.25) is 0 Å². The van der Waals surface area contributed by atoms with E-state index in [9.17, 15) is 0 Å². The quantitative estimate of drug-likeness (QED) is 0.860. The van der Waals surface area contributed by atoms with Crippen LogP contribution in [0.5, 0.6) is 0 Å². The average Bonchev–Trinajstić information content (AvgIpc) is 2.73. The second-order valence-electron chi connectivity index (χ2n) is 5.18. The summed E-state index contributed by atoms with van der Waals surface area (Å²) in [6.45, 7) is 8.19. The van der Waals surface area contributed by atoms with E-state index in [0.717, 1.165) is 31.0 Å². The molecule has 2 atom stereocenters. The summed E-state index contributed by atoms with van der Waals surface area (Å²) in [4.78, 5) is 4.89. The summed E-state index contributed by atoms with van der Waals surface area (Å²) in [6.07, 6.45) is 1.76. The van der Waals surface area contributed by atoms with Gasteiger partial charge in [-0.15, -0.1) is 0 Å². The highest BCUT2D eigenvalue weighted by Gasteiger charge is 2.26. The first kappa shape index (κ1) is 12.6. The normalized spacial score (nSPS) is 27.5. The fourth-order valence-electron chi connectivity index (χ4n) is 2.48. The van der Waals surface area contributed by atoms with Crippen LogP contribution in [-0.4, -0.2) is 42.0 Å². The molecule has 1 aliphatic heterocycles. The van der Waals surface area contributed by atoms with Crippen molar-refractivity contribution < 1.29 is 4.42 Å². The predicted molar refractivity (Wildman–Crippen MR) is 68.6 cm³/mol. The van der Waals surface area contributed by atoms with Gasteiger partial charge in [0.05, 0.1) is 12.8 Å². The van der Waals surface area contributed by atoms with Gasteiger partial charge in [-0.05, 0) is 27.0 Å². The Hall–Kier alpha value is -0.840. The van der Waals surface area contributed by atoms with Gasteiger partial charge in [0.2, 0.25) is 0 Å². The molecule has 0 amide bonds. The summed E-state index contributed by atoms with van der Waals surface area (Å²) < 4.78 is 5.52. The Kier molecular flexibility index (Phi) is 3.86. The zero-order valence-corrected chi connectivity index (χ0v) is 11.0. The lowest BCUT2D eigenvalue weighted by molar-refractivity contribution is 0.0518. The van der Waals surface area contributed by atoms with Crippen molar-refractivity contribution in [3.05, 3.63) is 23.7 Å². The maximum Gasteiger partial charge on any atom is 0.118 e. The minimum absolute atomic E-state index is 0.555. The predicted octanol–water partition coefficient (Wildman–Crippen LogP) is 1.26. The molecular formula is C13H23N3O. The molecule has 17 heavy (non-hydrogen) atoms. The van der Waals surface area contributed by atoms with E-state index in [1.165, 1.54) is 0 Å². The molecule has 2 unspecified atom stereocenters. The van der Waals surface area contributed by atoms with Crippen molar-refractivity contribution in [3.8, 4) is 0 Å². The Balaban J connectivity index is 1.95. The molecule has 2 heterocycles. The molecule has 2 N–H and O–H groups in total. The number of hydrogen-bond donors (Lipinski definition) is 1. The van der Waals surface area contributed by atoms with Crippen molar-refractivity contribution in [2.75, 3.05) is 20.1 Å². The van der Waals surface area contributed by atoms with Crippen molar-refractivity contribution >= 4 is 0 Å². The number of hydrogen-bond acceptors (Lipinski definition) is 4. The molecule has 4 heteroatoms. The largest absolute Gasteiger partial charge is 0.468 e. The second-order valence-corrected chi connectivity index (χ2v) is 5.18. The van der Waals surface area contributed by atoms with Gasteiger partial charge in [0.15, 0.2) is 0 Å². The van der Waals surface area contributed by atoms with Crippen LogP contribution >= 0.6 is 0 Å². The van der Waals surface area contributed by atoms with Crippen molar-refractivity contribution in [2.45, 2.75) is 39.0 Å². The summed E-state index contributed by atoms with van der Waals surface area (Å²) >= 11 is 0. The summed E-state index contributed by atoms with van der Waals surface area (Å²) in [5, 5.41) is 0. The molecule has 0 spiro atoms. The maximum atomic E-state index is 5.58. The highest BCUT2D eigenvalue weighted by atomic mass is 16.3. The van der Waals surface area contributed by atoms with E-state index >= 15 is 0 Å². The lowest BCUT2D eigenvalue weighted by Gasteiger charge is -2.42. The van der Waals surface area contributed by atoms with Gasteiger partial charge in [-0.25, -0.2) is 0 Å². The fraction of sp³-hybridized carbons (Fsp3) is 0.692. The molecule has 0 aliphatic carbocycles. The molecule has 4 nitrogen and oxygen atoms in total. The Morgan fingerprint density at radius 1 is 1.35 bits per heavy atom. The lowest BCUT2D eigenvalue weighted by Crippen LogP contribution is -2.54. The van der Waals surface area contributed by atoms with E-state index in [2.05, 4.69) is 36.8 Å². The standard InChI is InChI=1S/C13H23N3O/c1-10-6-16(7-11(2)15(10)3)8-13-4-12(5-14)9-17-13/h4,9-11H,5-8,14H2,1-3H3. The number of piperazine rings is 1. The van der Waals surface area contributed by atoms with Crippen LogP contribution in [0.3, 0.4) is 0 Å². The average molecular weight is 237 g/mol. The topological polar surface area (TPSA) is 45.6 Å². The van der Waals surface area contributed by atoms with Crippen LogP contribution in [-0.2, 0) is 13.1 Å². The van der Waals surface area contributed by atoms with Gasteiger partial charge in [-0.2, -0.15) is 0 Å². The first-order valence-electron chi connectivity index (χ1n) is 6.30. The minimum Gasteiger partial charge on any atom is -0.468 e. The summed E-state index contributed by atoms with van der Waals surface area (Å²) in [6, 6.07) is 3.26. The first-order chi connectivity index (χ1) is 8.10. The number of furan rings is 1. The van der Waals surface area contributed by atoms with E-state index < -0.39 is 0 Å². The van der Waals surface area contributed by atoms with Crippen molar-refractivity contribution in [2.24, 2.45) is 5.73 Å². The summed E-state index contributed by atoms with van der Waals surface area (Å²) in [5.74, 6) is 1.02. The van der Waals surface area contributed by atoms with Crippen molar-refractivity contribution in [1.29, 1.82) is 0 Å². The second kappa shape index (κ2) is 5.21. The van der Waals surface area contributed by atoms with Crippen molar-refractivity contribution in [1.82, 2.24) is 9.80 Å². The Bertz CT molecular complexity index is 351. The van der Waals surface area contributed by atoms with E-state index in [1.54, 1.807) is 6.26 Å². The molecule has 0 saturated carbocycles. The molecule has 2 rings (SSSR count). The number of nitrogens with two attached hydrogens (primary N) is 1. The van der Waals surface area contributed by atoms with Gasteiger partial charge in [-0.3, -0.25) is 9.80 Å². The number of rotatable bonds is 3. The summed E-state index contributed by atoms with van der Waals surface area (Å²) in [5.41, 5.74) is 6.66. The van der Waals surface area contributed by atoms with Gasteiger partial charge in [-0.1, -0.05) is 0 Å². The monoisotopic (exact) mass is 237 g/mol. The fourth-order valence-corrected chi connectivity index (χ4v) is 2.48. The zero-order chi connectivity index (χ0) is 12.4. The van der Waals surface area contributed by atoms with Crippen LogP contribution in [0.15, 0.2) is 16.7 Å². The third kappa shape index (κ3) is 2.89. The molecule has 1 fully saturated rings. The van der Waals surface area contributed by atoms with Gasteiger partial charge >= 0.3 is 0 Å². The van der Waals surface area contributed by atoms with E-state index in [-0.39, 0.29) is 0 Å². The van der Waals surface area contributed by atoms with Crippen LogP contribution in [0, 0.1) is 0 Å². The zero-order valence-electron chi connectivity index (χ0n) is 11.0. The van der Waals surface area contributed by atoms with E-state index in [0.29, 0.717) is 18.6 Å². The molecule has 0 bridgehead atoms. The van der Waals surface area contributed by atoms with Gasteiger partial charge in [0.25, 0.3) is 0 Å².